The Bertz CT molecular complexity index is 639. The average molecular weight is 323 g/mol. The lowest BCUT2D eigenvalue weighted by Gasteiger charge is -2.11. The number of hydrazone groups is 1. The number of thiocarbonyl (C=S) groups is 1. The van der Waals surface area contributed by atoms with Crippen molar-refractivity contribution < 1.29 is 8.42 Å². The molecule has 0 saturated carbocycles. The molecule has 2 N–H and O–H groups in total. The van der Waals surface area contributed by atoms with Gasteiger partial charge < -0.3 is 5.32 Å². The van der Waals surface area contributed by atoms with Crippen LogP contribution in [0.5, 0.6) is 0 Å². The van der Waals surface area contributed by atoms with Crippen molar-refractivity contribution in [2.75, 3.05) is 11.5 Å². The van der Waals surface area contributed by atoms with Crippen LogP contribution >= 0.6 is 12.2 Å². The van der Waals surface area contributed by atoms with Gasteiger partial charge >= 0.3 is 0 Å². The van der Waals surface area contributed by atoms with E-state index >= 15 is 0 Å². The number of allylic oxidation sites excluding steroid dienone is 1. The van der Waals surface area contributed by atoms with E-state index in [4.69, 9.17) is 12.2 Å². The van der Waals surface area contributed by atoms with Crippen LogP contribution in [0.2, 0.25) is 0 Å². The summed E-state index contributed by atoms with van der Waals surface area (Å²) in [5.74, 6) is 0.350. The summed E-state index contributed by atoms with van der Waals surface area (Å²) in [6.07, 6.45) is 5.89. The second-order valence-electron chi connectivity index (χ2n) is 4.73. The maximum Gasteiger partial charge on any atom is 0.187 e. The maximum absolute atomic E-state index is 11.3. The Morgan fingerprint density at radius 2 is 2.10 bits per heavy atom. The summed E-state index contributed by atoms with van der Waals surface area (Å²) in [4.78, 5) is 0. The van der Waals surface area contributed by atoms with E-state index in [1.807, 2.05) is 36.4 Å². The fraction of sp³-hybridized carbons (Fsp3) is 0.286. The van der Waals surface area contributed by atoms with Crippen LogP contribution in [0.3, 0.4) is 0 Å². The van der Waals surface area contributed by atoms with Crippen LogP contribution in [0.15, 0.2) is 41.5 Å². The van der Waals surface area contributed by atoms with E-state index in [1.165, 1.54) is 0 Å². The zero-order chi connectivity index (χ0) is 15.1. The van der Waals surface area contributed by atoms with Crippen molar-refractivity contribution in [3.8, 4) is 0 Å². The largest absolute Gasteiger partial charge is 0.358 e. The van der Waals surface area contributed by atoms with Gasteiger partial charge in [0.25, 0.3) is 0 Å². The molecule has 1 fully saturated rings. The lowest BCUT2D eigenvalue weighted by molar-refractivity contribution is 0.600. The van der Waals surface area contributed by atoms with E-state index in [9.17, 15) is 8.42 Å². The van der Waals surface area contributed by atoms with Gasteiger partial charge in [-0.05, 0) is 30.3 Å². The molecule has 1 aliphatic heterocycles. The molecule has 0 bridgehead atoms. The Hall–Kier alpha value is -1.73. The number of sulfone groups is 1. The highest BCUT2D eigenvalue weighted by molar-refractivity contribution is 7.91. The summed E-state index contributed by atoms with van der Waals surface area (Å²) in [6, 6.07) is 9.74. The number of hydrogen-bond donors (Lipinski definition) is 2. The van der Waals surface area contributed by atoms with Crippen LogP contribution in [-0.4, -0.2) is 37.3 Å². The zero-order valence-electron chi connectivity index (χ0n) is 11.4. The average Bonchev–Trinajstić information content (AvgIpc) is 2.78. The van der Waals surface area contributed by atoms with E-state index in [-0.39, 0.29) is 17.5 Å². The fourth-order valence-corrected chi connectivity index (χ4v) is 3.88. The number of hydrogen-bond acceptors (Lipinski definition) is 4. The maximum atomic E-state index is 11.3. The Morgan fingerprint density at radius 3 is 2.76 bits per heavy atom. The minimum absolute atomic E-state index is 0.120. The summed E-state index contributed by atoms with van der Waals surface area (Å²) < 4.78 is 22.6. The molecule has 2 rings (SSSR count). The second-order valence-corrected chi connectivity index (χ2v) is 7.37. The van der Waals surface area contributed by atoms with E-state index in [0.29, 0.717) is 11.5 Å². The summed E-state index contributed by atoms with van der Waals surface area (Å²) >= 11 is 5.05. The van der Waals surface area contributed by atoms with Crippen LogP contribution in [0, 0.1) is 0 Å². The first-order valence-corrected chi connectivity index (χ1v) is 8.80. The van der Waals surface area contributed by atoms with Gasteiger partial charge in [-0.2, -0.15) is 5.10 Å². The van der Waals surface area contributed by atoms with E-state index < -0.39 is 9.84 Å². The van der Waals surface area contributed by atoms with E-state index in [1.54, 1.807) is 12.3 Å². The smallest absolute Gasteiger partial charge is 0.187 e. The predicted molar refractivity (Wildman–Crippen MR) is 89.9 cm³/mol. The lowest BCUT2D eigenvalue weighted by atomic mass is 10.2. The minimum Gasteiger partial charge on any atom is -0.358 e. The van der Waals surface area contributed by atoms with Crippen molar-refractivity contribution in [3.05, 3.63) is 42.0 Å². The Kier molecular flexibility index (Phi) is 5.46. The van der Waals surface area contributed by atoms with Crippen LogP contribution in [-0.2, 0) is 9.84 Å². The summed E-state index contributed by atoms with van der Waals surface area (Å²) in [7, 11) is -2.90. The topological polar surface area (TPSA) is 70.6 Å². The summed E-state index contributed by atoms with van der Waals surface area (Å²) in [6.45, 7) is 0. The first-order chi connectivity index (χ1) is 10.1. The molecule has 21 heavy (non-hydrogen) atoms. The predicted octanol–water partition coefficient (Wildman–Crippen LogP) is 1.34. The molecular weight excluding hydrogens is 306 g/mol. The molecule has 1 aromatic rings. The third-order valence-corrected chi connectivity index (χ3v) is 4.96. The van der Waals surface area contributed by atoms with Crippen LogP contribution in [0.4, 0.5) is 0 Å². The molecule has 1 aliphatic rings. The molecule has 1 saturated heterocycles. The van der Waals surface area contributed by atoms with Gasteiger partial charge in [0, 0.05) is 12.3 Å². The Balaban J connectivity index is 1.72. The highest BCUT2D eigenvalue weighted by Crippen LogP contribution is 2.10. The molecular formula is C14H17N3O2S2. The lowest BCUT2D eigenvalue weighted by Crippen LogP contribution is -2.40. The van der Waals surface area contributed by atoms with Crippen LogP contribution in [0.25, 0.3) is 6.08 Å². The Morgan fingerprint density at radius 1 is 1.33 bits per heavy atom. The number of nitrogens with zero attached hydrogens (tertiary/aromatic N) is 1. The van der Waals surface area contributed by atoms with Crippen LogP contribution in [0.1, 0.15) is 12.0 Å². The molecule has 5 nitrogen and oxygen atoms in total. The van der Waals surface area contributed by atoms with Crippen LogP contribution < -0.4 is 10.7 Å². The molecule has 1 atom stereocenters. The molecule has 0 spiro atoms. The molecule has 112 valence electrons. The van der Waals surface area contributed by atoms with Crippen molar-refractivity contribution >= 4 is 39.5 Å². The third-order valence-electron chi connectivity index (χ3n) is 2.98. The molecule has 0 radical (unpaired) electrons. The summed E-state index contributed by atoms with van der Waals surface area (Å²) in [5.41, 5.74) is 3.75. The molecule has 1 aromatic carbocycles. The van der Waals surface area contributed by atoms with Crippen molar-refractivity contribution in [1.82, 2.24) is 10.7 Å². The normalized spacial score (nSPS) is 20.9. The van der Waals surface area contributed by atoms with Gasteiger partial charge in [0.15, 0.2) is 14.9 Å². The van der Waals surface area contributed by atoms with Gasteiger partial charge in [-0.25, -0.2) is 8.42 Å². The number of benzene rings is 1. The van der Waals surface area contributed by atoms with Gasteiger partial charge in [-0.3, -0.25) is 5.43 Å². The SMILES string of the molecule is O=S1(=O)CC[C@H](NC(=S)N/N=C\C=C\c2ccccc2)C1. The van der Waals surface area contributed by atoms with Crippen molar-refractivity contribution in [3.63, 3.8) is 0 Å². The third kappa shape index (κ3) is 5.65. The van der Waals surface area contributed by atoms with Crippen molar-refractivity contribution in [2.45, 2.75) is 12.5 Å². The van der Waals surface area contributed by atoms with Crippen molar-refractivity contribution in [2.24, 2.45) is 5.10 Å². The minimum atomic E-state index is -2.90. The standard InChI is InChI=1S/C14H17N3O2S2/c18-21(19)10-8-13(11-21)16-14(20)17-15-9-4-7-12-5-2-1-3-6-12/h1-7,9,13H,8,10-11H2,(H2,16,17,20)/b7-4+,15-9-/t13-/m0/s1. The molecule has 0 amide bonds. The summed E-state index contributed by atoms with van der Waals surface area (Å²) in [5, 5.41) is 7.23. The van der Waals surface area contributed by atoms with Gasteiger partial charge in [0.2, 0.25) is 0 Å². The number of nitrogens with one attached hydrogen (secondary N) is 2. The first-order valence-electron chi connectivity index (χ1n) is 6.57. The second kappa shape index (κ2) is 7.33. The van der Waals surface area contributed by atoms with Gasteiger partial charge in [0.1, 0.15) is 0 Å². The van der Waals surface area contributed by atoms with Gasteiger partial charge in [0.05, 0.1) is 11.5 Å². The highest BCUT2D eigenvalue weighted by Gasteiger charge is 2.27. The molecule has 0 unspecified atom stereocenters. The molecule has 1 heterocycles. The zero-order valence-corrected chi connectivity index (χ0v) is 13.0. The monoisotopic (exact) mass is 323 g/mol. The first kappa shape index (κ1) is 15.7. The van der Waals surface area contributed by atoms with Gasteiger partial charge in [-0.15, -0.1) is 0 Å². The molecule has 7 heteroatoms. The highest BCUT2D eigenvalue weighted by atomic mass is 32.2. The van der Waals surface area contributed by atoms with Gasteiger partial charge in [-0.1, -0.05) is 36.4 Å². The number of rotatable bonds is 4. The van der Waals surface area contributed by atoms with Crippen molar-refractivity contribution in [1.29, 1.82) is 0 Å². The van der Waals surface area contributed by atoms with E-state index in [2.05, 4.69) is 15.8 Å². The molecule has 0 aromatic heterocycles. The fourth-order valence-electron chi connectivity index (χ4n) is 1.98. The molecule has 0 aliphatic carbocycles. The quantitative estimate of drug-likeness (QED) is 0.497. The Labute approximate surface area is 130 Å². The van der Waals surface area contributed by atoms with E-state index in [0.717, 1.165) is 5.56 Å².